The third-order valence-electron chi connectivity index (χ3n) is 2.30. The minimum atomic E-state index is 0.880. The summed E-state index contributed by atoms with van der Waals surface area (Å²) in [7, 11) is 0. The van der Waals surface area contributed by atoms with Gasteiger partial charge in [0.2, 0.25) is 0 Å². The number of hydrogen-bond donors (Lipinski definition) is 1. The van der Waals surface area contributed by atoms with Crippen molar-refractivity contribution in [3.63, 3.8) is 0 Å². The molecule has 0 saturated carbocycles. The van der Waals surface area contributed by atoms with E-state index < -0.39 is 0 Å². The average Bonchev–Trinajstić information content (AvgIpc) is 2.25. The second-order valence-electron chi connectivity index (χ2n) is 4.47. The summed E-state index contributed by atoms with van der Waals surface area (Å²) in [5, 5.41) is 3.47. The average molecular weight is 215 g/mol. The van der Waals surface area contributed by atoms with E-state index in [0.29, 0.717) is 0 Å². The molecule has 86 valence electrons. The van der Waals surface area contributed by atoms with Crippen LogP contribution in [0.3, 0.4) is 0 Å². The van der Waals surface area contributed by atoms with E-state index in [1.807, 2.05) is 6.07 Å². The lowest BCUT2D eigenvalue weighted by molar-refractivity contribution is 0.819. The minimum Gasteiger partial charge on any atom is -0.381 e. The van der Waals surface area contributed by atoms with E-state index in [4.69, 9.17) is 0 Å². The number of allylic oxidation sites excluding steroid dienone is 3. The number of nitrogens with one attached hydrogen (secondary N) is 1. The van der Waals surface area contributed by atoms with Gasteiger partial charge in [-0.25, -0.2) is 0 Å². The summed E-state index contributed by atoms with van der Waals surface area (Å²) < 4.78 is 0. The molecule has 0 aliphatic heterocycles. The fraction of sp³-hybridized carbons (Fsp3) is 0.333. The SMILES string of the molecule is CC(C)=CC(NCc1ccccc1)=C(C)C. The Morgan fingerprint density at radius 2 is 1.69 bits per heavy atom. The van der Waals surface area contributed by atoms with Crippen LogP contribution in [0, 0.1) is 0 Å². The molecule has 1 heteroatoms. The summed E-state index contributed by atoms with van der Waals surface area (Å²) >= 11 is 0. The first kappa shape index (κ1) is 12.6. The minimum absolute atomic E-state index is 0.880. The number of hydrogen-bond acceptors (Lipinski definition) is 1. The predicted octanol–water partition coefficient (Wildman–Crippen LogP) is 4.04. The van der Waals surface area contributed by atoms with Crippen molar-refractivity contribution < 1.29 is 0 Å². The highest BCUT2D eigenvalue weighted by Crippen LogP contribution is 2.07. The molecule has 0 radical (unpaired) electrons. The molecule has 0 spiro atoms. The van der Waals surface area contributed by atoms with Crippen LogP contribution in [0.2, 0.25) is 0 Å². The Labute approximate surface area is 98.9 Å². The Bertz CT molecular complexity index is 377. The molecule has 0 aromatic heterocycles. The van der Waals surface area contributed by atoms with Gasteiger partial charge in [0.1, 0.15) is 0 Å². The Balaban J connectivity index is 2.66. The molecular weight excluding hydrogens is 194 g/mol. The predicted molar refractivity (Wildman–Crippen MR) is 71.1 cm³/mol. The van der Waals surface area contributed by atoms with Crippen molar-refractivity contribution in [2.75, 3.05) is 0 Å². The molecule has 16 heavy (non-hydrogen) atoms. The molecule has 1 rings (SSSR count). The van der Waals surface area contributed by atoms with Gasteiger partial charge in [0.25, 0.3) is 0 Å². The molecule has 0 amide bonds. The Morgan fingerprint density at radius 3 is 2.19 bits per heavy atom. The molecule has 0 atom stereocenters. The summed E-state index contributed by atoms with van der Waals surface area (Å²) in [5.74, 6) is 0. The summed E-state index contributed by atoms with van der Waals surface area (Å²) in [6.07, 6.45) is 2.19. The molecule has 1 aromatic carbocycles. The zero-order chi connectivity index (χ0) is 12.0. The van der Waals surface area contributed by atoms with Crippen molar-refractivity contribution in [1.82, 2.24) is 5.32 Å². The van der Waals surface area contributed by atoms with Crippen LogP contribution in [-0.4, -0.2) is 0 Å². The van der Waals surface area contributed by atoms with Gasteiger partial charge in [-0.05, 0) is 39.3 Å². The molecule has 1 N–H and O–H groups in total. The van der Waals surface area contributed by atoms with Gasteiger partial charge < -0.3 is 5.32 Å². The third kappa shape index (κ3) is 4.35. The third-order valence-corrected chi connectivity index (χ3v) is 2.30. The number of rotatable bonds is 4. The second kappa shape index (κ2) is 6.16. The summed E-state index contributed by atoms with van der Waals surface area (Å²) in [6, 6.07) is 10.5. The van der Waals surface area contributed by atoms with Gasteiger partial charge in [0.15, 0.2) is 0 Å². The van der Waals surface area contributed by atoms with Gasteiger partial charge in [-0.1, -0.05) is 41.5 Å². The molecule has 0 heterocycles. The van der Waals surface area contributed by atoms with Crippen LogP contribution < -0.4 is 5.32 Å². The quantitative estimate of drug-likeness (QED) is 0.747. The summed E-state index contributed by atoms with van der Waals surface area (Å²) in [5.41, 5.74) is 5.17. The smallest absolute Gasteiger partial charge is 0.0400 e. The number of benzene rings is 1. The van der Waals surface area contributed by atoms with Crippen molar-refractivity contribution in [2.24, 2.45) is 0 Å². The first-order valence-corrected chi connectivity index (χ1v) is 5.70. The van der Waals surface area contributed by atoms with Crippen LogP contribution >= 0.6 is 0 Å². The highest BCUT2D eigenvalue weighted by atomic mass is 14.9. The zero-order valence-corrected chi connectivity index (χ0v) is 10.7. The van der Waals surface area contributed by atoms with E-state index in [2.05, 4.69) is 63.4 Å². The fourth-order valence-electron chi connectivity index (χ4n) is 1.45. The Kier molecular flexibility index (Phi) is 4.84. The van der Waals surface area contributed by atoms with Gasteiger partial charge in [-0.2, -0.15) is 0 Å². The summed E-state index contributed by atoms with van der Waals surface area (Å²) in [4.78, 5) is 0. The van der Waals surface area contributed by atoms with Gasteiger partial charge in [-0.15, -0.1) is 0 Å². The van der Waals surface area contributed by atoms with Crippen LogP contribution in [0.5, 0.6) is 0 Å². The van der Waals surface area contributed by atoms with E-state index in [1.165, 1.54) is 22.4 Å². The van der Waals surface area contributed by atoms with E-state index in [-0.39, 0.29) is 0 Å². The highest BCUT2D eigenvalue weighted by Gasteiger charge is 1.96. The highest BCUT2D eigenvalue weighted by molar-refractivity contribution is 5.25. The largest absolute Gasteiger partial charge is 0.381 e. The lowest BCUT2D eigenvalue weighted by Crippen LogP contribution is -2.12. The van der Waals surface area contributed by atoms with E-state index in [1.54, 1.807) is 0 Å². The zero-order valence-electron chi connectivity index (χ0n) is 10.7. The normalized spacial score (nSPS) is 9.50. The molecule has 0 saturated heterocycles. The Hall–Kier alpha value is -1.50. The molecule has 1 aromatic rings. The maximum absolute atomic E-state index is 3.47. The fourth-order valence-corrected chi connectivity index (χ4v) is 1.45. The van der Waals surface area contributed by atoms with Gasteiger partial charge >= 0.3 is 0 Å². The molecule has 0 aliphatic carbocycles. The van der Waals surface area contributed by atoms with Crippen molar-refractivity contribution in [1.29, 1.82) is 0 Å². The van der Waals surface area contributed by atoms with Crippen LogP contribution in [0.4, 0.5) is 0 Å². The van der Waals surface area contributed by atoms with E-state index in [9.17, 15) is 0 Å². The maximum atomic E-state index is 3.47. The van der Waals surface area contributed by atoms with Gasteiger partial charge in [-0.3, -0.25) is 0 Å². The second-order valence-corrected chi connectivity index (χ2v) is 4.47. The molecule has 0 bridgehead atoms. The molecular formula is C15H21N. The van der Waals surface area contributed by atoms with Gasteiger partial charge in [0.05, 0.1) is 0 Å². The van der Waals surface area contributed by atoms with Crippen LogP contribution in [0.1, 0.15) is 33.3 Å². The van der Waals surface area contributed by atoms with Crippen LogP contribution in [-0.2, 0) is 6.54 Å². The van der Waals surface area contributed by atoms with E-state index in [0.717, 1.165) is 6.54 Å². The van der Waals surface area contributed by atoms with E-state index >= 15 is 0 Å². The van der Waals surface area contributed by atoms with Crippen molar-refractivity contribution >= 4 is 0 Å². The topological polar surface area (TPSA) is 12.0 Å². The maximum Gasteiger partial charge on any atom is 0.0400 e. The molecule has 0 aliphatic rings. The van der Waals surface area contributed by atoms with Crippen LogP contribution in [0.25, 0.3) is 0 Å². The lowest BCUT2D eigenvalue weighted by atomic mass is 10.1. The first-order chi connectivity index (χ1) is 7.59. The van der Waals surface area contributed by atoms with Crippen molar-refractivity contribution in [2.45, 2.75) is 34.2 Å². The molecule has 1 nitrogen and oxygen atoms in total. The summed E-state index contributed by atoms with van der Waals surface area (Å²) in [6.45, 7) is 9.38. The molecule has 0 fully saturated rings. The van der Waals surface area contributed by atoms with Gasteiger partial charge in [0, 0.05) is 12.2 Å². The van der Waals surface area contributed by atoms with Crippen molar-refractivity contribution in [3.8, 4) is 0 Å². The van der Waals surface area contributed by atoms with Crippen LogP contribution in [0.15, 0.2) is 53.3 Å². The Morgan fingerprint density at radius 1 is 1.06 bits per heavy atom. The molecule has 0 unspecified atom stereocenters. The monoisotopic (exact) mass is 215 g/mol. The lowest BCUT2D eigenvalue weighted by Gasteiger charge is -2.10. The first-order valence-electron chi connectivity index (χ1n) is 5.70. The van der Waals surface area contributed by atoms with Crippen molar-refractivity contribution in [3.05, 3.63) is 58.8 Å². The standard InChI is InChI=1S/C15H21N/c1-12(2)10-15(13(3)4)16-11-14-8-6-5-7-9-14/h5-10,16H,11H2,1-4H3.